The van der Waals surface area contributed by atoms with Gasteiger partial charge >= 0.3 is 0 Å². The molecular weight excluding hydrogens is 234 g/mol. The monoisotopic (exact) mass is 255 g/mol. The van der Waals surface area contributed by atoms with E-state index in [2.05, 4.69) is 19.7 Å². The fourth-order valence-electron chi connectivity index (χ4n) is 2.30. The molecule has 1 aromatic rings. The van der Waals surface area contributed by atoms with Crippen molar-refractivity contribution < 1.29 is 9.47 Å². The minimum absolute atomic E-state index is 0.210. The van der Waals surface area contributed by atoms with E-state index in [4.69, 9.17) is 15.2 Å². The summed E-state index contributed by atoms with van der Waals surface area (Å²) in [5, 5.41) is 8.03. The molecule has 2 rings (SSSR count). The Morgan fingerprint density at radius 3 is 2.83 bits per heavy atom. The molecule has 1 aromatic heterocycles. The molecule has 0 radical (unpaired) electrons. The molecule has 1 aliphatic heterocycles. The molecule has 1 unspecified atom stereocenters. The predicted molar refractivity (Wildman–Crippen MR) is 65.7 cm³/mol. The van der Waals surface area contributed by atoms with E-state index in [1.807, 2.05) is 0 Å². The molecule has 0 bridgehead atoms. The summed E-state index contributed by atoms with van der Waals surface area (Å²) in [6, 6.07) is 0.236. The average Bonchev–Trinajstić information content (AvgIpc) is 2.87. The van der Waals surface area contributed by atoms with Crippen LogP contribution in [0, 0.1) is 0 Å². The van der Waals surface area contributed by atoms with Gasteiger partial charge in [0.25, 0.3) is 0 Å². The van der Waals surface area contributed by atoms with Gasteiger partial charge in [-0.1, -0.05) is 0 Å². The molecule has 102 valence electrons. The Hall–Kier alpha value is -1.02. The number of rotatable bonds is 6. The summed E-state index contributed by atoms with van der Waals surface area (Å²) in [6.07, 6.45) is 2.33. The molecule has 0 saturated heterocycles. The number of fused-ring (bicyclic) bond motifs is 1. The van der Waals surface area contributed by atoms with E-state index in [0.29, 0.717) is 6.54 Å². The Morgan fingerprint density at radius 1 is 1.39 bits per heavy atom. The molecule has 1 aliphatic rings. The van der Waals surface area contributed by atoms with Gasteiger partial charge in [0.15, 0.2) is 6.29 Å². The molecule has 1 atom stereocenters. The fraction of sp³-hybridized carbons (Fsp3) is 0.818. The zero-order valence-electron chi connectivity index (χ0n) is 11.0. The number of aromatic nitrogens is 3. The van der Waals surface area contributed by atoms with Crippen molar-refractivity contribution in [2.75, 3.05) is 27.3 Å². The van der Waals surface area contributed by atoms with Gasteiger partial charge in [-0.2, -0.15) is 0 Å². The SMILES string of the molecule is COC(CC(CN)N1CCn2cnnc2C1)OC. The van der Waals surface area contributed by atoms with Gasteiger partial charge in [-0.25, -0.2) is 0 Å². The van der Waals surface area contributed by atoms with Crippen molar-refractivity contribution in [3.05, 3.63) is 12.2 Å². The van der Waals surface area contributed by atoms with Crippen LogP contribution in [0.15, 0.2) is 6.33 Å². The third kappa shape index (κ3) is 2.86. The number of methoxy groups -OCH3 is 2. The predicted octanol–water partition coefficient (Wildman–Crippen LogP) is -0.570. The highest BCUT2D eigenvalue weighted by Crippen LogP contribution is 2.16. The first-order valence-electron chi connectivity index (χ1n) is 6.14. The first-order valence-corrected chi connectivity index (χ1v) is 6.14. The Labute approximate surface area is 107 Å². The van der Waals surface area contributed by atoms with E-state index >= 15 is 0 Å². The van der Waals surface area contributed by atoms with Gasteiger partial charge in [-0.05, 0) is 0 Å². The number of hydrogen-bond donors (Lipinski definition) is 1. The van der Waals surface area contributed by atoms with Crippen molar-refractivity contribution >= 4 is 0 Å². The van der Waals surface area contributed by atoms with Crippen molar-refractivity contribution in [1.82, 2.24) is 19.7 Å². The number of nitrogens with two attached hydrogens (primary N) is 1. The van der Waals surface area contributed by atoms with Crippen LogP contribution in [0.2, 0.25) is 0 Å². The molecule has 0 saturated carbocycles. The van der Waals surface area contributed by atoms with Gasteiger partial charge in [0.2, 0.25) is 0 Å². The van der Waals surface area contributed by atoms with Gasteiger partial charge in [-0.15, -0.1) is 10.2 Å². The van der Waals surface area contributed by atoms with E-state index in [1.54, 1.807) is 20.5 Å². The smallest absolute Gasteiger partial charge is 0.158 e. The maximum absolute atomic E-state index is 5.86. The average molecular weight is 255 g/mol. The number of nitrogens with zero attached hydrogens (tertiary/aromatic N) is 4. The largest absolute Gasteiger partial charge is 0.356 e. The van der Waals surface area contributed by atoms with E-state index in [1.165, 1.54) is 0 Å². The second-order valence-corrected chi connectivity index (χ2v) is 4.44. The first-order chi connectivity index (χ1) is 8.78. The van der Waals surface area contributed by atoms with Gasteiger partial charge in [0.1, 0.15) is 12.2 Å². The van der Waals surface area contributed by atoms with Crippen LogP contribution in [0.25, 0.3) is 0 Å². The summed E-state index contributed by atoms with van der Waals surface area (Å²) < 4.78 is 12.6. The lowest BCUT2D eigenvalue weighted by Crippen LogP contribution is -2.46. The topological polar surface area (TPSA) is 78.4 Å². The van der Waals surface area contributed by atoms with Crippen molar-refractivity contribution in [3.63, 3.8) is 0 Å². The van der Waals surface area contributed by atoms with Crippen LogP contribution in [0.1, 0.15) is 12.2 Å². The first kappa shape index (κ1) is 13.4. The highest BCUT2D eigenvalue weighted by atomic mass is 16.7. The summed E-state index contributed by atoms with van der Waals surface area (Å²) >= 11 is 0. The lowest BCUT2D eigenvalue weighted by molar-refractivity contribution is -0.117. The van der Waals surface area contributed by atoms with E-state index in [-0.39, 0.29) is 12.3 Å². The molecule has 0 aliphatic carbocycles. The highest BCUT2D eigenvalue weighted by Gasteiger charge is 2.26. The third-order valence-corrected chi connectivity index (χ3v) is 3.45. The summed E-state index contributed by atoms with van der Waals surface area (Å²) in [7, 11) is 3.29. The summed E-state index contributed by atoms with van der Waals surface area (Å²) in [5.41, 5.74) is 5.86. The molecule has 2 N–H and O–H groups in total. The third-order valence-electron chi connectivity index (χ3n) is 3.45. The second-order valence-electron chi connectivity index (χ2n) is 4.44. The molecule has 7 nitrogen and oxygen atoms in total. The Balaban J connectivity index is 1.97. The van der Waals surface area contributed by atoms with Crippen LogP contribution in [-0.4, -0.2) is 59.3 Å². The minimum atomic E-state index is -0.210. The molecule has 18 heavy (non-hydrogen) atoms. The van der Waals surface area contributed by atoms with Crippen LogP contribution in [0.5, 0.6) is 0 Å². The maximum Gasteiger partial charge on any atom is 0.158 e. The zero-order valence-corrected chi connectivity index (χ0v) is 11.0. The number of ether oxygens (including phenoxy) is 2. The summed E-state index contributed by atoms with van der Waals surface area (Å²) in [6.45, 7) is 3.22. The molecule has 2 heterocycles. The quantitative estimate of drug-likeness (QED) is 0.686. The van der Waals surface area contributed by atoms with Gasteiger partial charge in [0, 0.05) is 46.3 Å². The van der Waals surface area contributed by atoms with Crippen LogP contribution in [0.3, 0.4) is 0 Å². The van der Waals surface area contributed by atoms with Crippen LogP contribution in [0.4, 0.5) is 0 Å². The second kappa shape index (κ2) is 6.24. The standard InChI is InChI=1S/C11H21N5O2/c1-17-11(18-2)5-9(6-12)15-3-4-16-8-13-14-10(16)7-15/h8-9,11H,3-7,12H2,1-2H3. The van der Waals surface area contributed by atoms with Crippen molar-refractivity contribution in [2.24, 2.45) is 5.73 Å². The summed E-state index contributed by atoms with van der Waals surface area (Å²) in [4.78, 5) is 2.31. The van der Waals surface area contributed by atoms with E-state index in [0.717, 1.165) is 31.9 Å². The molecule has 0 spiro atoms. The van der Waals surface area contributed by atoms with Crippen molar-refractivity contribution in [3.8, 4) is 0 Å². The molecule has 0 aromatic carbocycles. The van der Waals surface area contributed by atoms with Crippen molar-refractivity contribution in [2.45, 2.75) is 31.8 Å². The van der Waals surface area contributed by atoms with E-state index in [9.17, 15) is 0 Å². The lowest BCUT2D eigenvalue weighted by Gasteiger charge is -2.35. The molecular formula is C11H21N5O2. The molecule has 0 fully saturated rings. The van der Waals surface area contributed by atoms with Crippen LogP contribution >= 0.6 is 0 Å². The van der Waals surface area contributed by atoms with Crippen LogP contribution < -0.4 is 5.73 Å². The molecule has 7 heteroatoms. The van der Waals surface area contributed by atoms with Gasteiger partial charge in [-0.3, -0.25) is 4.90 Å². The highest BCUT2D eigenvalue weighted by molar-refractivity contribution is 4.92. The summed E-state index contributed by atoms with van der Waals surface area (Å²) in [5.74, 6) is 0.992. The van der Waals surface area contributed by atoms with E-state index < -0.39 is 0 Å². The van der Waals surface area contributed by atoms with Gasteiger partial charge in [0.05, 0.1) is 6.54 Å². The maximum atomic E-state index is 5.86. The zero-order chi connectivity index (χ0) is 13.0. The normalized spacial score (nSPS) is 18.0. The Bertz CT molecular complexity index is 366. The van der Waals surface area contributed by atoms with Gasteiger partial charge < -0.3 is 19.8 Å². The Morgan fingerprint density at radius 2 is 2.17 bits per heavy atom. The fourth-order valence-corrected chi connectivity index (χ4v) is 2.30. The van der Waals surface area contributed by atoms with Crippen molar-refractivity contribution in [1.29, 1.82) is 0 Å². The Kier molecular flexibility index (Phi) is 4.65. The number of hydrogen-bond acceptors (Lipinski definition) is 6. The van der Waals surface area contributed by atoms with Crippen LogP contribution in [-0.2, 0) is 22.6 Å². The lowest BCUT2D eigenvalue weighted by atomic mass is 10.1. The molecule has 0 amide bonds. The minimum Gasteiger partial charge on any atom is -0.356 e.